The fourth-order valence-electron chi connectivity index (χ4n) is 3.13. The van der Waals surface area contributed by atoms with E-state index in [2.05, 4.69) is 0 Å². The molecule has 0 radical (unpaired) electrons. The van der Waals surface area contributed by atoms with Crippen LogP contribution in [0.5, 0.6) is 17.2 Å². The Bertz CT molecular complexity index is 1040. The average Bonchev–Trinajstić information content (AvgIpc) is 2.83. The van der Waals surface area contributed by atoms with Crippen molar-refractivity contribution in [3.05, 3.63) is 89.5 Å². The highest BCUT2D eigenvalue weighted by Gasteiger charge is 2.16. The number of benzene rings is 3. The first kappa shape index (κ1) is 23.8. The van der Waals surface area contributed by atoms with E-state index in [1.807, 2.05) is 12.1 Å². The third kappa shape index (κ3) is 7.08. The molecule has 0 spiro atoms. The van der Waals surface area contributed by atoms with E-state index in [4.69, 9.17) is 19.3 Å². The number of phenols is 1. The third-order valence-corrected chi connectivity index (χ3v) is 4.98. The summed E-state index contributed by atoms with van der Waals surface area (Å²) in [6, 6.07) is 20.3. The lowest BCUT2D eigenvalue weighted by Crippen LogP contribution is -2.24. The van der Waals surface area contributed by atoms with Gasteiger partial charge in [-0.15, -0.1) is 0 Å². The number of carboxylic acid groups (broad SMARTS) is 1. The van der Waals surface area contributed by atoms with Gasteiger partial charge in [0.15, 0.2) is 11.9 Å². The van der Waals surface area contributed by atoms with Crippen LogP contribution in [0.25, 0.3) is 0 Å². The molecule has 0 heterocycles. The fraction of sp³-hybridized carbons (Fsp3) is 0.231. The maximum absolute atomic E-state index is 12.5. The Morgan fingerprint density at radius 3 is 1.76 bits per heavy atom. The van der Waals surface area contributed by atoms with Crippen LogP contribution in [0, 0.1) is 0 Å². The van der Waals surface area contributed by atoms with Gasteiger partial charge in [0.1, 0.15) is 17.2 Å². The van der Waals surface area contributed by atoms with E-state index in [1.165, 1.54) is 19.2 Å². The number of carbonyl (C=O) groups is 2. The van der Waals surface area contributed by atoms with Crippen LogP contribution in [0.1, 0.15) is 27.9 Å². The number of carboxylic acids is 1. The third-order valence-electron chi connectivity index (χ3n) is 4.98. The Morgan fingerprint density at radius 1 is 0.788 bits per heavy atom. The summed E-state index contributed by atoms with van der Waals surface area (Å²) in [6.45, 7) is 0.921. The molecule has 33 heavy (non-hydrogen) atoms. The zero-order valence-electron chi connectivity index (χ0n) is 18.3. The molecule has 7 nitrogen and oxygen atoms in total. The predicted octanol–water partition coefficient (Wildman–Crippen LogP) is 4.11. The largest absolute Gasteiger partial charge is 0.508 e. The normalized spacial score (nSPS) is 11.5. The van der Waals surface area contributed by atoms with Crippen molar-refractivity contribution in [2.75, 3.05) is 20.3 Å². The summed E-state index contributed by atoms with van der Waals surface area (Å²) < 4.78 is 16.3. The van der Waals surface area contributed by atoms with Gasteiger partial charge in [0.25, 0.3) is 0 Å². The minimum Gasteiger partial charge on any atom is -0.508 e. The molecule has 0 unspecified atom stereocenters. The molecule has 3 aromatic rings. The number of ether oxygens (including phenoxy) is 3. The number of methoxy groups -OCH3 is 1. The second-order valence-electron chi connectivity index (χ2n) is 7.36. The van der Waals surface area contributed by atoms with Gasteiger partial charge in [-0.3, -0.25) is 4.79 Å². The molecule has 1 atom stereocenters. The Hall–Kier alpha value is -3.84. The quantitative estimate of drug-likeness (QED) is 0.316. The topological polar surface area (TPSA) is 102 Å². The molecule has 0 aliphatic carbocycles. The molecule has 3 aromatic carbocycles. The van der Waals surface area contributed by atoms with Crippen LogP contribution in [0.2, 0.25) is 0 Å². The standard InChI is InChI=1S/C26H26O7/c1-31-24(26(29)30)17-18-3-11-22(12-4-18)32-15-2-16-33-23-13-7-20(8-14-23)25(28)19-5-9-21(27)10-6-19/h3-14,24,27H,2,15-17H2,1H3,(H,29,30)/t24-/m0/s1. The molecular weight excluding hydrogens is 424 g/mol. The maximum Gasteiger partial charge on any atom is 0.333 e. The molecule has 172 valence electrons. The number of carbonyl (C=O) groups excluding carboxylic acids is 1. The van der Waals surface area contributed by atoms with Crippen molar-refractivity contribution in [3.63, 3.8) is 0 Å². The molecule has 0 saturated heterocycles. The van der Waals surface area contributed by atoms with Crippen molar-refractivity contribution in [2.45, 2.75) is 18.9 Å². The van der Waals surface area contributed by atoms with Gasteiger partial charge in [-0.25, -0.2) is 4.79 Å². The van der Waals surface area contributed by atoms with Gasteiger partial charge in [0.2, 0.25) is 0 Å². The Labute approximate surface area is 192 Å². The first-order valence-electron chi connectivity index (χ1n) is 10.5. The number of ketones is 1. The SMILES string of the molecule is CO[C@@H](Cc1ccc(OCCCOc2ccc(C(=O)c3ccc(O)cc3)cc2)cc1)C(=O)O. The van der Waals surface area contributed by atoms with Crippen molar-refractivity contribution < 1.29 is 34.0 Å². The number of phenolic OH excluding ortho intramolecular Hbond substituents is 1. The van der Waals surface area contributed by atoms with E-state index < -0.39 is 12.1 Å². The van der Waals surface area contributed by atoms with E-state index in [9.17, 15) is 14.7 Å². The van der Waals surface area contributed by atoms with Crippen molar-refractivity contribution in [1.82, 2.24) is 0 Å². The van der Waals surface area contributed by atoms with Gasteiger partial charge in [0, 0.05) is 31.1 Å². The summed E-state index contributed by atoms with van der Waals surface area (Å²) in [5, 5.41) is 18.4. The van der Waals surface area contributed by atoms with Crippen molar-refractivity contribution in [2.24, 2.45) is 0 Å². The molecule has 0 saturated carbocycles. The van der Waals surface area contributed by atoms with Gasteiger partial charge in [-0.1, -0.05) is 12.1 Å². The second kappa shape index (κ2) is 11.7. The summed E-state index contributed by atoms with van der Waals surface area (Å²) >= 11 is 0. The van der Waals surface area contributed by atoms with Crippen LogP contribution in [-0.2, 0) is 16.0 Å². The van der Waals surface area contributed by atoms with Crippen molar-refractivity contribution >= 4 is 11.8 Å². The highest BCUT2D eigenvalue weighted by Crippen LogP contribution is 2.18. The Morgan fingerprint density at radius 2 is 1.27 bits per heavy atom. The first-order valence-corrected chi connectivity index (χ1v) is 10.5. The average molecular weight is 450 g/mol. The predicted molar refractivity (Wildman–Crippen MR) is 122 cm³/mol. The summed E-state index contributed by atoms with van der Waals surface area (Å²) in [5.41, 5.74) is 1.90. The second-order valence-corrected chi connectivity index (χ2v) is 7.36. The smallest absolute Gasteiger partial charge is 0.333 e. The molecule has 0 aromatic heterocycles. The van der Waals surface area contributed by atoms with Gasteiger partial charge >= 0.3 is 5.97 Å². The van der Waals surface area contributed by atoms with Crippen LogP contribution in [0.3, 0.4) is 0 Å². The van der Waals surface area contributed by atoms with Gasteiger partial charge in [0.05, 0.1) is 13.2 Å². The molecule has 0 bridgehead atoms. The first-order chi connectivity index (χ1) is 16.0. The lowest BCUT2D eigenvalue weighted by atomic mass is 10.0. The lowest BCUT2D eigenvalue weighted by Gasteiger charge is -2.11. The van der Waals surface area contributed by atoms with Crippen LogP contribution in [0.4, 0.5) is 0 Å². The van der Waals surface area contributed by atoms with Gasteiger partial charge < -0.3 is 24.4 Å². The highest BCUT2D eigenvalue weighted by atomic mass is 16.5. The molecule has 0 aliphatic heterocycles. The Kier molecular flexibility index (Phi) is 8.43. The summed E-state index contributed by atoms with van der Waals surface area (Å²) in [6.07, 6.45) is 0.0916. The van der Waals surface area contributed by atoms with Crippen LogP contribution in [-0.4, -0.2) is 48.4 Å². The van der Waals surface area contributed by atoms with E-state index in [0.717, 1.165) is 5.56 Å². The molecular formula is C26H26O7. The number of aromatic hydroxyl groups is 1. The van der Waals surface area contributed by atoms with E-state index >= 15 is 0 Å². The van der Waals surface area contributed by atoms with E-state index in [0.29, 0.717) is 48.7 Å². The van der Waals surface area contributed by atoms with Crippen molar-refractivity contribution in [1.29, 1.82) is 0 Å². The number of rotatable bonds is 12. The van der Waals surface area contributed by atoms with E-state index in [1.54, 1.807) is 48.5 Å². The highest BCUT2D eigenvalue weighted by molar-refractivity contribution is 6.09. The molecule has 7 heteroatoms. The zero-order chi connectivity index (χ0) is 23.6. The lowest BCUT2D eigenvalue weighted by molar-refractivity contribution is -0.148. The van der Waals surface area contributed by atoms with Crippen LogP contribution >= 0.6 is 0 Å². The zero-order valence-corrected chi connectivity index (χ0v) is 18.3. The molecule has 0 amide bonds. The molecule has 3 rings (SSSR count). The summed E-state index contributed by atoms with van der Waals surface area (Å²) in [4.78, 5) is 23.5. The van der Waals surface area contributed by atoms with Crippen LogP contribution in [0.15, 0.2) is 72.8 Å². The number of hydrogen-bond acceptors (Lipinski definition) is 6. The van der Waals surface area contributed by atoms with Crippen molar-refractivity contribution in [3.8, 4) is 17.2 Å². The van der Waals surface area contributed by atoms with Gasteiger partial charge in [-0.2, -0.15) is 0 Å². The monoisotopic (exact) mass is 450 g/mol. The molecule has 2 N–H and O–H groups in total. The fourth-order valence-corrected chi connectivity index (χ4v) is 3.13. The Balaban J connectivity index is 1.39. The molecule has 0 aliphatic rings. The number of aliphatic carboxylic acids is 1. The minimum absolute atomic E-state index is 0.118. The van der Waals surface area contributed by atoms with Gasteiger partial charge in [-0.05, 0) is 66.2 Å². The number of hydrogen-bond donors (Lipinski definition) is 2. The molecule has 0 fully saturated rings. The van der Waals surface area contributed by atoms with Crippen LogP contribution < -0.4 is 9.47 Å². The minimum atomic E-state index is -0.989. The maximum atomic E-state index is 12.5. The summed E-state index contributed by atoms with van der Waals surface area (Å²) in [7, 11) is 1.38. The van der Waals surface area contributed by atoms with E-state index in [-0.39, 0.29) is 11.5 Å². The summed E-state index contributed by atoms with van der Waals surface area (Å²) in [5.74, 6) is 0.359.